The van der Waals surface area contributed by atoms with Crippen molar-refractivity contribution in [2.75, 3.05) is 13.2 Å². The predicted octanol–water partition coefficient (Wildman–Crippen LogP) is -0.504. The third kappa shape index (κ3) is 5.97. The summed E-state index contributed by atoms with van der Waals surface area (Å²) in [5, 5.41) is 4.53. The largest absolute Gasteiger partial charge is 0.455 e. The molecule has 10 heteroatoms. The van der Waals surface area contributed by atoms with Gasteiger partial charge in [0.2, 0.25) is 10.0 Å². The Labute approximate surface area is 138 Å². The average Bonchev–Trinajstić information content (AvgIpc) is 3.35. The molecule has 0 atom stereocenters. The number of ether oxygens (including phenoxy) is 1. The van der Waals surface area contributed by atoms with E-state index in [0.29, 0.717) is 0 Å². The molecular weight excluding hydrogens is 338 g/mol. The lowest BCUT2D eigenvalue weighted by molar-refractivity contribution is -0.147. The molecule has 24 heavy (non-hydrogen) atoms. The number of carbonyl (C=O) groups is 3. The molecule has 2 rings (SSSR count). The van der Waals surface area contributed by atoms with Crippen LogP contribution in [0.4, 0.5) is 4.79 Å². The number of amides is 3. The third-order valence-electron chi connectivity index (χ3n) is 2.99. The monoisotopic (exact) mass is 355 g/mol. The summed E-state index contributed by atoms with van der Waals surface area (Å²) in [6.45, 7) is -1.30. The quantitative estimate of drug-likeness (QED) is 0.565. The fraction of sp³-hybridized carbons (Fsp3) is 0.357. The van der Waals surface area contributed by atoms with Crippen molar-refractivity contribution < 1.29 is 27.5 Å². The topological polar surface area (TPSA) is 131 Å². The van der Waals surface area contributed by atoms with Gasteiger partial charge in [-0.1, -0.05) is 18.2 Å². The molecule has 3 amide bonds. The molecule has 1 saturated carbocycles. The number of sulfonamides is 1. The number of urea groups is 1. The van der Waals surface area contributed by atoms with Crippen LogP contribution in [0.2, 0.25) is 0 Å². The van der Waals surface area contributed by atoms with Gasteiger partial charge in [-0.3, -0.25) is 14.9 Å². The molecule has 1 aliphatic rings. The number of esters is 1. The Morgan fingerprint density at radius 3 is 2.42 bits per heavy atom. The van der Waals surface area contributed by atoms with Crippen LogP contribution in [0.5, 0.6) is 0 Å². The SMILES string of the molecule is O=C(COC(=O)CNS(=O)(=O)c1ccccc1)NC(=O)NC1CC1. The number of imide groups is 1. The third-order valence-corrected chi connectivity index (χ3v) is 4.41. The van der Waals surface area contributed by atoms with Gasteiger partial charge in [0, 0.05) is 6.04 Å². The van der Waals surface area contributed by atoms with E-state index in [1.165, 1.54) is 12.1 Å². The first kappa shape index (κ1) is 17.9. The van der Waals surface area contributed by atoms with Gasteiger partial charge in [-0.2, -0.15) is 4.72 Å². The van der Waals surface area contributed by atoms with E-state index in [-0.39, 0.29) is 10.9 Å². The molecule has 0 saturated heterocycles. The summed E-state index contributed by atoms with van der Waals surface area (Å²) in [6, 6.07) is 6.94. The Hall–Kier alpha value is -2.46. The second-order valence-electron chi connectivity index (χ2n) is 5.09. The zero-order chi connectivity index (χ0) is 17.6. The molecule has 0 heterocycles. The van der Waals surface area contributed by atoms with Crippen molar-refractivity contribution in [3.8, 4) is 0 Å². The van der Waals surface area contributed by atoms with Crippen molar-refractivity contribution in [2.24, 2.45) is 0 Å². The molecule has 1 fully saturated rings. The molecule has 1 aromatic rings. The maximum atomic E-state index is 11.9. The first-order valence-corrected chi connectivity index (χ1v) is 8.66. The lowest BCUT2D eigenvalue weighted by Crippen LogP contribution is -2.42. The lowest BCUT2D eigenvalue weighted by atomic mass is 10.4. The van der Waals surface area contributed by atoms with E-state index < -0.39 is 41.1 Å². The second-order valence-corrected chi connectivity index (χ2v) is 6.86. The van der Waals surface area contributed by atoms with Crippen molar-refractivity contribution in [3.63, 3.8) is 0 Å². The molecule has 9 nitrogen and oxygen atoms in total. The number of carbonyl (C=O) groups excluding carboxylic acids is 3. The zero-order valence-electron chi connectivity index (χ0n) is 12.7. The zero-order valence-corrected chi connectivity index (χ0v) is 13.5. The molecule has 0 spiro atoms. The molecule has 130 valence electrons. The normalized spacial score (nSPS) is 13.8. The number of hydrogen-bond acceptors (Lipinski definition) is 6. The van der Waals surface area contributed by atoms with Crippen LogP contribution in [0.25, 0.3) is 0 Å². The highest BCUT2D eigenvalue weighted by atomic mass is 32.2. The molecule has 1 aliphatic carbocycles. The van der Waals surface area contributed by atoms with Gasteiger partial charge in [-0.15, -0.1) is 0 Å². The first-order valence-electron chi connectivity index (χ1n) is 7.17. The minimum absolute atomic E-state index is 0.00675. The predicted molar refractivity (Wildman–Crippen MR) is 82.3 cm³/mol. The second kappa shape index (κ2) is 7.88. The summed E-state index contributed by atoms with van der Waals surface area (Å²) < 4.78 is 30.4. The van der Waals surface area contributed by atoms with Crippen LogP contribution in [0.1, 0.15) is 12.8 Å². The fourth-order valence-corrected chi connectivity index (χ4v) is 2.64. The van der Waals surface area contributed by atoms with E-state index in [1.807, 2.05) is 5.32 Å². The summed E-state index contributed by atoms with van der Waals surface area (Å²) in [6.07, 6.45) is 1.75. The highest BCUT2D eigenvalue weighted by Gasteiger charge is 2.24. The minimum atomic E-state index is -3.83. The summed E-state index contributed by atoms with van der Waals surface area (Å²) in [7, 11) is -3.83. The van der Waals surface area contributed by atoms with Crippen molar-refractivity contribution in [1.82, 2.24) is 15.4 Å². The Bertz CT molecular complexity index is 715. The first-order chi connectivity index (χ1) is 11.4. The number of hydrogen-bond donors (Lipinski definition) is 3. The van der Waals surface area contributed by atoms with Crippen LogP contribution in [0, 0.1) is 0 Å². The van der Waals surface area contributed by atoms with Crippen molar-refractivity contribution >= 4 is 27.9 Å². The molecule has 0 aliphatic heterocycles. The van der Waals surface area contributed by atoms with Crippen LogP contribution in [0.3, 0.4) is 0 Å². The standard InChI is InChI=1S/C14H17N3O6S/c18-12(17-14(20)16-10-6-7-10)9-23-13(19)8-15-24(21,22)11-4-2-1-3-5-11/h1-5,10,15H,6-9H2,(H2,16,17,18,20). The highest BCUT2D eigenvalue weighted by molar-refractivity contribution is 7.89. The molecular formula is C14H17N3O6S. The van der Waals surface area contributed by atoms with Crippen LogP contribution < -0.4 is 15.4 Å². The van der Waals surface area contributed by atoms with E-state index in [2.05, 4.69) is 14.8 Å². The Balaban J connectivity index is 1.69. The Kier molecular flexibility index (Phi) is 5.88. The molecule has 0 unspecified atom stereocenters. The molecule has 0 bridgehead atoms. The van der Waals surface area contributed by atoms with E-state index in [1.54, 1.807) is 18.2 Å². The van der Waals surface area contributed by atoms with Crippen molar-refractivity contribution in [3.05, 3.63) is 30.3 Å². The summed E-state index contributed by atoms with van der Waals surface area (Å²) in [4.78, 5) is 34.2. The maximum absolute atomic E-state index is 11.9. The molecule has 0 aromatic heterocycles. The van der Waals surface area contributed by atoms with Crippen LogP contribution in [-0.4, -0.2) is 45.5 Å². The molecule has 3 N–H and O–H groups in total. The summed E-state index contributed by atoms with van der Waals surface area (Å²) in [5.41, 5.74) is 0. The average molecular weight is 355 g/mol. The summed E-state index contributed by atoms with van der Waals surface area (Å²) in [5.74, 6) is -1.74. The van der Waals surface area contributed by atoms with Crippen molar-refractivity contribution in [2.45, 2.75) is 23.8 Å². The van der Waals surface area contributed by atoms with Gasteiger partial charge in [-0.25, -0.2) is 13.2 Å². The Morgan fingerprint density at radius 1 is 1.12 bits per heavy atom. The van der Waals surface area contributed by atoms with E-state index in [4.69, 9.17) is 0 Å². The van der Waals surface area contributed by atoms with Gasteiger partial charge in [0.15, 0.2) is 6.61 Å². The highest BCUT2D eigenvalue weighted by Crippen LogP contribution is 2.18. The van der Waals surface area contributed by atoms with Gasteiger partial charge in [0.1, 0.15) is 6.54 Å². The molecule has 0 radical (unpaired) electrons. The van der Waals surface area contributed by atoms with Crippen LogP contribution in [-0.2, 0) is 24.3 Å². The number of benzene rings is 1. The van der Waals surface area contributed by atoms with E-state index >= 15 is 0 Å². The lowest BCUT2D eigenvalue weighted by Gasteiger charge is -2.08. The van der Waals surface area contributed by atoms with Gasteiger partial charge < -0.3 is 10.1 Å². The molecule has 1 aromatic carbocycles. The number of nitrogens with one attached hydrogen (secondary N) is 3. The van der Waals surface area contributed by atoms with E-state index in [0.717, 1.165) is 12.8 Å². The summed E-state index contributed by atoms with van der Waals surface area (Å²) >= 11 is 0. The Morgan fingerprint density at radius 2 is 1.79 bits per heavy atom. The van der Waals surface area contributed by atoms with Gasteiger partial charge >= 0.3 is 12.0 Å². The van der Waals surface area contributed by atoms with Crippen molar-refractivity contribution in [1.29, 1.82) is 0 Å². The van der Waals surface area contributed by atoms with Gasteiger partial charge in [0.05, 0.1) is 4.90 Å². The van der Waals surface area contributed by atoms with E-state index in [9.17, 15) is 22.8 Å². The fourth-order valence-electron chi connectivity index (χ4n) is 1.65. The van der Waals surface area contributed by atoms with Gasteiger partial charge in [-0.05, 0) is 25.0 Å². The van der Waals surface area contributed by atoms with Gasteiger partial charge in [0.25, 0.3) is 5.91 Å². The smallest absolute Gasteiger partial charge is 0.321 e. The maximum Gasteiger partial charge on any atom is 0.321 e. The number of rotatable bonds is 7. The minimum Gasteiger partial charge on any atom is -0.455 e. The van der Waals surface area contributed by atoms with Crippen LogP contribution in [0.15, 0.2) is 35.2 Å². The van der Waals surface area contributed by atoms with Crippen LogP contribution >= 0.6 is 0 Å².